The van der Waals surface area contributed by atoms with E-state index in [-0.39, 0.29) is 5.44 Å². The molecule has 88 valence electrons. The Balaban J connectivity index is 1.92. The molecule has 0 aromatic carbocycles. The Morgan fingerprint density at radius 1 is 1.50 bits per heavy atom. The number of hydrogen-bond acceptors (Lipinski definition) is 2. The van der Waals surface area contributed by atoms with Crippen LogP contribution in [-0.4, -0.2) is 35.7 Å². The van der Waals surface area contributed by atoms with Crippen molar-refractivity contribution in [1.82, 2.24) is 4.90 Å². The predicted octanol–water partition coefficient (Wildman–Crippen LogP) is 1.49. The molecule has 0 aromatic heterocycles. The standard InChI is InChI=1S/C12H21BN2S/c1-11-7-3-4-9-8(12(11,14)13-11)5-6-10(16)15(9)2/h8-9,13H,3-7,14H2,1-2H3. The SMILES string of the molecule is CN1C(=S)CCC2C1CCCC1(C)BC21N. The molecule has 4 atom stereocenters. The van der Waals surface area contributed by atoms with Crippen molar-refractivity contribution in [3.05, 3.63) is 0 Å². The van der Waals surface area contributed by atoms with Crippen LogP contribution in [0.4, 0.5) is 0 Å². The monoisotopic (exact) mass is 236 g/mol. The van der Waals surface area contributed by atoms with Crippen LogP contribution in [0.2, 0.25) is 5.31 Å². The molecule has 2 saturated heterocycles. The minimum atomic E-state index is 0.123. The second-order valence-electron chi connectivity index (χ2n) is 6.39. The highest BCUT2D eigenvalue weighted by atomic mass is 32.1. The Bertz CT molecular complexity index is 348. The fourth-order valence-electron chi connectivity index (χ4n) is 4.30. The van der Waals surface area contributed by atoms with Crippen LogP contribution in [0.1, 0.15) is 39.0 Å². The third-order valence-corrected chi connectivity index (χ3v) is 6.09. The van der Waals surface area contributed by atoms with Gasteiger partial charge >= 0.3 is 0 Å². The summed E-state index contributed by atoms with van der Waals surface area (Å²) in [5.41, 5.74) is 6.80. The van der Waals surface area contributed by atoms with Crippen LogP contribution < -0.4 is 5.73 Å². The predicted molar refractivity (Wildman–Crippen MR) is 73.2 cm³/mol. The lowest BCUT2D eigenvalue weighted by Gasteiger charge is -2.44. The van der Waals surface area contributed by atoms with Crippen molar-refractivity contribution < 1.29 is 0 Å². The van der Waals surface area contributed by atoms with Gasteiger partial charge in [-0.15, -0.1) is 0 Å². The number of fused-ring (bicyclic) bond motifs is 3. The van der Waals surface area contributed by atoms with E-state index in [0.29, 0.717) is 17.3 Å². The molecule has 0 aromatic rings. The van der Waals surface area contributed by atoms with E-state index in [1.807, 2.05) is 0 Å². The summed E-state index contributed by atoms with van der Waals surface area (Å²) in [4.78, 5) is 3.50. The van der Waals surface area contributed by atoms with Crippen LogP contribution in [0.3, 0.4) is 0 Å². The molecule has 2 aliphatic heterocycles. The Kier molecular flexibility index (Phi) is 2.22. The van der Waals surface area contributed by atoms with Gasteiger partial charge in [0.05, 0.1) is 4.99 Å². The zero-order valence-corrected chi connectivity index (χ0v) is 11.1. The van der Waals surface area contributed by atoms with Crippen molar-refractivity contribution in [2.24, 2.45) is 11.7 Å². The molecule has 1 aliphatic carbocycles. The van der Waals surface area contributed by atoms with Gasteiger partial charge in [0.2, 0.25) is 0 Å². The largest absolute Gasteiger partial charge is 0.366 e. The van der Waals surface area contributed by atoms with Crippen molar-refractivity contribution >= 4 is 24.5 Å². The van der Waals surface area contributed by atoms with Gasteiger partial charge in [-0.2, -0.15) is 0 Å². The van der Waals surface area contributed by atoms with Crippen molar-refractivity contribution in [3.8, 4) is 0 Å². The summed E-state index contributed by atoms with van der Waals surface area (Å²) in [5, 5.41) is 0.437. The maximum atomic E-state index is 6.68. The Labute approximate surface area is 104 Å². The van der Waals surface area contributed by atoms with E-state index >= 15 is 0 Å². The van der Waals surface area contributed by atoms with Gasteiger partial charge < -0.3 is 10.6 Å². The first kappa shape index (κ1) is 11.0. The molecule has 3 rings (SSSR count). The smallest absolute Gasteiger partial charge is 0.154 e. The van der Waals surface area contributed by atoms with Crippen molar-refractivity contribution in [3.63, 3.8) is 0 Å². The molecule has 2 N–H and O–H groups in total. The molecule has 3 fully saturated rings. The van der Waals surface area contributed by atoms with Crippen molar-refractivity contribution in [2.75, 3.05) is 7.05 Å². The summed E-state index contributed by atoms with van der Waals surface area (Å²) in [5.74, 6) is 0.677. The van der Waals surface area contributed by atoms with Crippen LogP contribution in [-0.2, 0) is 0 Å². The second-order valence-corrected chi connectivity index (χ2v) is 6.86. The van der Waals surface area contributed by atoms with Gasteiger partial charge in [-0.3, -0.25) is 0 Å². The molecule has 1 saturated carbocycles. The summed E-state index contributed by atoms with van der Waals surface area (Å²) >= 11 is 5.44. The fourth-order valence-corrected chi connectivity index (χ4v) is 4.55. The minimum absolute atomic E-state index is 0.123. The average Bonchev–Trinajstić information content (AvgIpc) is 2.78. The van der Waals surface area contributed by atoms with Gasteiger partial charge in [-0.05, 0) is 35.9 Å². The van der Waals surface area contributed by atoms with E-state index < -0.39 is 0 Å². The van der Waals surface area contributed by atoms with Gasteiger partial charge in [0, 0.05) is 13.1 Å². The third kappa shape index (κ3) is 1.26. The van der Waals surface area contributed by atoms with E-state index in [9.17, 15) is 0 Å². The molecule has 3 aliphatic rings. The zero-order chi connectivity index (χ0) is 11.6. The lowest BCUT2D eigenvalue weighted by molar-refractivity contribution is 0.183. The third-order valence-electron chi connectivity index (χ3n) is 5.60. The van der Waals surface area contributed by atoms with Gasteiger partial charge in [0.15, 0.2) is 7.28 Å². The summed E-state index contributed by atoms with van der Waals surface area (Å²) in [6.07, 6.45) is 6.22. The molecule has 0 radical (unpaired) electrons. The van der Waals surface area contributed by atoms with Gasteiger partial charge in [0.25, 0.3) is 0 Å². The molecule has 0 bridgehead atoms. The number of nitrogens with zero attached hydrogens (tertiary/aromatic N) is 1. The van der Waals surface area contributed by atoms with Crippen molar-refractivity contribution in [1.29, 1.82) is 0 Å². The van der Waals surface area contributed by atoms with Crippen LogP contribution >= 0.6 is 12.2 Å². The van der Waals surface area contributed by atoms with E-state index in [1.165, 1.54) is 33.0 Å². The van der Waals surface area contributed by atoms with E-state index in [4.69, 9.17) is 18.0 Å². The van der Waals surface area contributed by atoms with Gasteiger partial charge in [0.1, 0.15) is 0 Å². The first-order valence-electron chi connectivity index (χ1n) is 6.52. The van der Waals surface area contributed by atoms with Gasteiger partial charge in [-0.1, -0.05) is 32.0 Å². The molecule has 4 unspecified atom stereocenters. The number of nitrogens with two attached hydrogens (primary N) is 1. The normalized spacial score (nSPS) is 51.2. The number of likely N-dealkylation sites (tertiary alicyclic amines) is 1. The van der Waals surface area contributed by atoms with Crippen LogP contribution in [0, 0.1) is 5.92 Å². The molecule has 2 heterocycles. The van der Waals surface area contributed by atoms with Gasteiger partial charge in [-0.25, -0.2) is 0 Å². The first-order chi connectivity index (χ1) is 7.48. The summed E-state index contributed by atoms with van der Waals surface area (Å²) in [6, 6.07) is 0.621. The van der Waals surface area contributed by atoms with E-state index in [2.05, 4.69) is 18.9 Å². The Morgan fingerprint density at radius 3 is 3.00 bits per heavy atom. The second kappa shape index (κ2) is 3.23. The van der Waals surface area contributed by atoms with Crippen LogP contribution in [0.5, 0.6) is 0 Å². The molecule has 0 amide bonds. The highest BCUT2D eigenvalue weighted by Gasteiger charge is 2.68. The molecular weight excluding hydrogens is 215 g/mol. The summed E-state index contributed by atoms with van der Waals surface area (Å²) in [6.45, 7) is 2.39. The highest BCUT2D eigenvalue weighted by molar-refractivity contribution is 7.80. The van der Waals surface area contributed by atoms with Crippen LogP contribution in [0.25, 0.3) is 0 Å². The molecule has 2 nitrogen and oxygen atoms in total. The Morgan fingerprint density at radius 2 is 2.25 bits per heavy atom. The zero-order valence-electron chi connectivity index (χ0n) is 10.3. The topological polar surface area (TPSA) is 29.3 Å². The maximum absolute atomic E-state index is 6.68. The molecule has 4 heteroatoms. The number of thiocarbonyl (C=S) groups is 1. The lowest BCUT2D eigenvalue weighted by atomic mass is 9.74. The molecule has 0 spiro atoms. The molecule has 16 heavy (non-hydrogen) atoms. The lowest BCUT2D eigenvalue weighted by Crippen LogP contribution is -2.53. The number of hydrogen-bond donors (Lipinski definition) is 1. The maximum Gasteiger partial charge on any atom is 0.154 e. The highest BCUT2D eigenvalue weighted by Crippen LogP contribution is 2.64. The van der Waals surface area contributed by atoms with Crippen molar-refractivity contribution in [2.45, 2.75) is 55.8 Å². The summed E-state index contributed by atoms with van der Waals surface area (Å²) in [7, 11) is 3.41. The van der Waals surface area contributed by atoms with E-state index in [1.54, 1.807) is 0 Å². The average molecular weight is 236 g/mol. The first-order valence-corrected chi connectivity index (χ1v) is 6.93. The number of piperidine rings is 1. The summed E-state index contributed by atoms with van der Waals surface area (Å²) < 4.78 is 0. The van der Waals surface area contributed by atoms with Crippen LogP contribution in [0.15, 0.2) is 0 Å². The number of rotatable bonds is 0. The van der Waals surface area contributed by atoms with E-state index in [0.717, 1.165) is 11.4 Å². The molecular formula is C12H21BN2S. The Hall–Kier alpha value is -0.0851. The quantitative estimate of drug-likeness (QED) is 0.510. The minimum Gasteiger partial charge on any atom is -0.366 e. The fraction of sp³-hybridized carbons (Fsp3) is 0.917.